The third-order valence-electron chi connectivity index (χ3n) is 8.54. The van der Waals surface area contributed by atoms with Crippen molar-refractivity contribution in [2.24, 2.45) is 0 Å². The molecule has 2 amide bonds. The first kappa shape index (κ1) is 39.3. The molecule has 3 N–H and O–H groups in total. The molecule has 0 aliphatic rings. The van der Waals surface area contributed by atoms with Crippen molar-refractivity contribution in [2.45, 2.75) is 50.6 Å². The normalized spacial score (nSPS) is 13.1. The Morgan fingerprint density at radius 2 is 1.62 bits per heavy atom. The van der Waals surface area contributed by atoms with Crippen LogP contribution in [0.5, 0.6) is 0 Å². The van der Waals surface area contributed by atoms with Gasteiger partial charge in [-0.3, -0.25) is 24.0 Å². The standard InChI is InChI=1S/C38H37F3N2O8S/c1-5-51-36(50)37(21-32(44)45,31-7-6-18-52-31)17-16-26(35(48)49)24-11-15-30(29(20-24)34(47)43(3)4)42-33(46)27-14-8-22(2)19-28(27)23-9-12-25(13-10-23)38(39,40)41/h6-15,18-20,26H,5,16-17,21H2,1-4H3,(H,42,46)(H,44,45)(H,48,49). The molecule has 3 aromatic carbocycles. The van der Waals surface area contributed by atoms with Gasteiger partial charge in [0.15, 0.2) is 0 Å². The molecular formula is C38H37F3N2O8S. The minimum atomic E-state index is -4.54. The summed E-state index contributed by atoms with van der Waals surface area (Å²) in [5, 5.41) is 24.5. The number of hydrogen-bond donors (Lipinski definition) is 3. The molecule has 2 atom stereocenters. The molecule has 2 unspecified atom stereocenters. The van der Waals surface area contributed by atoms with Crippen molar-refractivity contribution in [3.05, 3.63) is 111 Å². The number of aryl methyl sites for hydroxylation is 1. The molecule has 0 saturated heterocycles. The number of hydrogen-bond acceptors (Lipinski definition) is 7. The molecule has 0 spiro atoms. The lowest BCUT2D eigenvalue weighted by atomic mass is 9.75. The smallest absolute Gasteiger partial charge is 0.416 e. The number of esters is 1. The number of carboxylic acid groups (broad SMARTS) is 2. The molecule has 274 valence electrons. The Labute approximate surface area is 301 Å². The monoisotopic (exact) mass is 738 g/mol. The second-order valence-electron chi connectivity index (χ2n) is 12.4. The van der Waals surface area contributed by atoms with E-state index in [2.05, 4.69) is 5.32 Å². The van der Waals surface area contributed by atoms with Crippen molar-refractivity contribution in [3.8, 4) is 11.1 Å². The van der Waals surface area contributed by atoms with Crippen molar-refractivity contribution >= 4 is 46.7 Å². The number of nitrogens with one attached hydrogen (secondary N) is 1. The quantitative estimate of drug-likeness (QED) is 0.112. The van der Waals surface area contributed by atoms with Gasteiger partial charge in [0, 0.05) is 24.5 Å². The first-order chi connectivity index (χ1) is 24.5. The summed E-state index contributed by atoms with van der Waals surface area (Å²) in [6.45, 7) is 3.32. The summed E-state index contributed by atoms with van der Waals surface area (Å²) in [5.41, 5.74) is -0.791. The van der Waals surface area contributed by atoms with E-state index < -0.39 is 59.2 Å². The fourth-order valence-corrected chi connectivity index (χ4v) is 6.85. The Bertz CT molecular complexity index is 1960. The van der Waals surface area contributed by atoms with Crippen molar-refractivity contribution in [1.29, 1.82) is 0 Å². The summed E-state index contributed by atoms with van der Waals surface area (Å²) < 4.78 is 44.9. The molecular weight excluding hydrogens is 701 g/mol. The van der Waals surface area contributed by atoms with Crippen molar-refractivity contribution in [2.75, 3.05) is 26.0 Å². The molecule has 0 radical (unpaired) electrons. The number of carbonyl (C=O) groups excluding carboxylic acids is 3. The highest BCUT2D eigenvalue weighted by molar-refractivity contribution is 7.10. The SMILES string of the molecule is CCOC(=O)C(CCC(C(=O)O)c1ccc(NC(=O)c2ccc(C)cc2-c2ccc(C(F)(F)F)cc2)c(C(=O)N(C)C)c1)(CC(=O)O)c1cccs1. The zero-order valence-electron chi connectivity index (χ0n) is 28.7. The first-order valence-electron chi connectivity index (χ1n) is 16.1. The Hall–Kier alpha value is -5.50. The summed E-state index contributed by atoms with van der Waals surface area (Å²) in [7, 11) is 2.94. The largest absolute Gasteiger partial charge is 0.481 e. The fraction of sp³-hybridized carbons (Fsp3) is 0.289. The van der Waals surface area contributed by atoms with E-state index in [1.807, 2.05) is 0 Å². The van der Waals surface area contributed by atoms with E-state index in [1.165, 1.54) is 55.4 Å². The van der Waals surface area contributed by atoms with Crippen LogP contribution in [0.4, 0.5) is 18.9 Å². The Morgan fingerprint density at radius 3 is 2.17 bits per heavy atom. The summed E-state index contributed by atoms with van der Waals surface area (Å²) in [4.78, 5) is 66.9. The molecule has 10 nitrogen and oxygen atoms in total. The van der Waals surface area contributed by atoms with Crippen LogP contribution in [0, 0.1) is 6.92 Å². The van der Waals surface area contributed by atoms with E-state index in [0.717, 1.165) is 29.0 Å². The third-order valence-corrected chi connectivity index (χ3v) is 9.62. The van der Waals surface area contributed by atoms with Gasteiger partial charge in [-0.05, 0) is 85.2 Å². The predicted molar refractivity (Wildman–Crippen MR) is 189 cm³/mol. The molecule has 4 aromatic rings. The highest BCUT2D eigenvalue weighted by Gasteiger charge is 2.45. The number of nitrogens with zero attached hydrogens (tertiary/aromatic N) is 1. The molecule has 0 aliphatic heterocycles. The second-order valence-corrected chi connectivity index (χ2v) is 13.3. The molecule has 52 heavy (non-hydrogen) atoms. The van der Waals surface area contributed by atoms with Crippen molar-refractivity contribution in [1.82, 2.24) is 4.90 Å². The summed E-state index contributed by atoms with van der Waals surface area (Å²) in [5.74, 6) is -5.91. The third kappa shape index (κ3) is 8.86. The molecule has 0 bridgehead atoms. The molecule has 0 fully saturated rings. The zero-order chi connectivity index (χ0) is 38.4. The predicted octanol–water partition coefficient (Wildman–Crippen LogP) is 7.62. The van der Waals surface area contributed by atoms with E-state index in [-0.39, 0.29) is 41.8 Å². The number of carboxylic acids is 2. The van der Waals surface area contributed by atoms with Crippen LogP contribution in [-0.2, 0) is 30.7 Å². The highest BCUT2D eigenvalue weighted by Crippen LogP contribution is 2.41. The van der Waals surface area contributed by atoms with Crippen LogP contribution in [-0.4, -0.2) is 65.5 Å². The van der Waals surface area contributed by atoms with E-state index in [0.29, 0.717) is 16.0 Å². The number of thiophene rings is 1. The molecule has 4 rings (SSSR count). The maximum absolute atomic E-state index is 13.7. The van der Waals surface area contributed by atoms with Gasteiger partial charge in [-0.2, -0.15) is 13.2 Å². The maximum atomic E-state index is 13.7. The number of rotatable bonds is 14. The van der Waals surface area contributed by atoms with E-state index in [1.54, 1.807) is 43.5 Å². The second kappa shape index (κ2) is 16.2. The van der Waals surface area contributed by atoms with Crippen LogP contribution in [0.25, 0.3) is 11.1 Å². The van der Waals surface area contributed by atoms with E-state index in [4.69, 9.17) is 4.74 Å². The van der Waals surface area contributed by atoms with Crippen LogP contribution < -0.4 is 5.32 Å². The van der Waals surface area contributed by atoms with Crippen molar-refractivity contribution in [3.63, 3.8) is 0 Å². The van der Waals surface area contributed by atoms with Gasteiger partial charge < -0.3 is 25.2 Å². The molecule has 0 saturated carbocycles. The number of ether oxygens (including phenoxy) is 1. The zero-order valence-corrected chi connectivity index (χ0v) is 29.6. The van der Waals surface area contributed by atoms with Gasteiger partial charge in [0.2, 0.25) is 0 Å². The Balaban J connectivity index is 1.72. The van der Waals surface area contributed by atoms with Crippen LogP contribution >= 0.6 is 11.3 Å². The van der Waals surface area contributed by atoms with Crippen molar-refractivity contribution < 1.29 is 52.1 Å². The molecule has 1 heterocycles. The topological polar surface area (TPSA) is 150 Å². The summed E-state index contributed by atoms with van der Waals surface area (Å²) in [6, 6.07) is 16.6. The van der Waals surface area contributed by atoms with Crippen LogP contribution in [0.2, 0.25) is 0 Å². The van der Waals surface area contributed by atoms with Gasteiger partial charge in [-0.25, -0.2) is 0 Å². The lowest BCUT2D eigenvalue weighted by Crippen LogP contribution is -2.39. The average Bonchev–Trinajstić information content (AvgIpc) is 3.63. The van der Waals surface area contributed by atoms with Gasteiger partial charge in [0.25, 0.3) is 11.8 Å². The lowest BCUT2D eigenvalue weighted by Gasteiger charge is -2.30. The fourth-order valence-electron chi connectivity index (χ4n) is 5.90. The average molecular weight is 739 g/mol. The lowest BCUT2D eigenvalue weighted by molar-refractivity contribution is -0.155. The number of anilines is 1. The Kier molecular flexibility index (Phi) is 12.3. The number of benzene rings is 3. The van der Waals surface area contributed by atoms with Gasteiger partial charge in [0.1, 0.15) is 5.41 Å². The maximum Gasteiger partial charge on any atom is 0.416 e. The van der Waals surface area contributed by atoms with Gasteiger partial charge >= 0.3 is 24.1 Å². The van der Waals surface area contributed by atoms with E-state index in [9.17, 15) is 47.4 Å². The van der Waals surface area contributed by atoms with Gasteiger partial charge in [0.05, 0.1) is 35.8 Å². The minimum absolute atomic E-state index is 0.0223. The first-order valence-corrected chi connectivity index (χ1v) is 17.0. The molecule has 1 aromatic heterocycles. The van der Waals surface area contributed by atoms with Crippen LogP contribution in [0.3, 0.4) is 0 Å². The van der Waals surface area contributed by atoms with Gasteiger partial charge in [-0.15, -0.1) is 11.3 Å². The number of carbonyl (C=O) groups is 5. The number of amides is 2. The van der Waals surface area contributed by atoms with Crippen LogP contribution in [0.15, 0.2) is 78.2 Å². The molecule has 14 heteroatoms. The Morgan fingerprint density at radius 1 is 0.923 bits per heavy atom. The number of aliphatic carboxylic acids is 2. The summed E-state index contributed by atoms with van der Waals surface area (Å²) in [6.07, 6.45) is -5.59. The number of alkyl halides is 3. The van der Waals surface area contributed by atoms with Crippen LogP contribution in [0.1, 0.15) is 74.4 Å². The number of halogens is 3. The van der Waals surface area contributed by atoms with Gasteiger partial charge in [-0.1, -0.05) is 42.0 Å². The summed E-state index contributed by atoms with van der Waals surface area (Å²) >= 11 is 1.15. The molecule has 0 aliphatic carbocycles. The highest BCUT2D eigenvalue weighted by atomic mass is 32.1. The van der Waals surface area contributed by atoms with E-state index >= 15 is 0 Å². The minimum Gasteiger partial charge on any atom is -0.481 e.